The predicted molar refractivity (Wildman–Crippen MR) is 103 cm³/mol. The van der Waals surface area contributed by atoms with Gasteiger partial charge in [-0.05, 0) is 30.5 Å². The normalized spacial score (nSPS) is 14.9. The molecule has 8 heteroatoms. The zero-order valence-electron chi connectivity index (χ0n) is 15.5. The minimum absolute atomic E-state index is 0.417. The van der Waals surface area contributed by atoms with Crippen LogP contribution in [0.1, 0.15) is 42.6 Å². The molecule has 1 saturated carbocycles. The molecular formula is C20H21N5O3. The number of urea groups is 1. The number of fused-ring (bicyclic) bond motifs is 1. The molecule has 2 heterocycles. The van der Waals surface area contributed by atoms with Crippen LogP contribution in [0.25, 0.3) is 5.65 Å². The second kappa shape index (κ2) is 7.67. The second-order valence-electron chi connectivity index (χ2n) is 6.77. The zero-order valence-corrected chi connectivity index (χ0v) is 15.5. The van der Waals surface area contributed by atoms with Crippen molar-refractivity contribution in [2.45, 2.75) is 31.2 Å². The molecule has 1 aliphatic rings. The van der Waals surface area contributed by atoms with Crippen LogP contribution in [-0.2, 0) is 9.53 Å². The van der Waals surface area contributed by atoms with E-state index in [0.29, 0.717) is 22.8 Å². The van der Waals surface area contributed by atoms with Gasteiger partial charge < -0.3 is 15.4 Å². The van der Waals surface area contributed by atoms with E-state index in [0.717, 1.165) is 18.7 Å². The molecule has 2 aromatic heterocycles. The summed E-state index contributed by atoms with van der Waals surface area (Å²) in [6.07, 6.45) is 5.31. The van der Waals surface area contributed by atoms with Crippen molar-refractivity contribution in [3.05, 3.63) is 60.0 Å². The Hall–Kier alpha value is -3.42. The highest BCUT2D eigenvalue weighted by Gasteiger charge is 2.26. The first-order valence-electron chi connectivity index (χ1n) is 9.21. The smallest absolute Gasteiger partial charge is 0.333 e. The molecule has 4 rings (SSSR count). The highest BCUT2D eigenvalue weighted by molar-refractivity contribution is 5.95. The molecule has 0 unspecified atom stereocenters. The summed E-state index contributed by atoms with van der Waals surface area (Å²) in [7, 11) is 1.29. The first-order chi connectivity index (χ1) is 13.7. The van der Waals surface area contributed by atoms with Gasteiger partial charge in [-0.25, -0.2) is 9.59 Å². The summed E-state index contributed by atoms with van der Waals surface area (Å²) in [5.74, 6) is 0.789. The molecule has 28 heavy (non-hydrogen) atoms. The molecule has 8 nitrogen and oxygen atoms in total. The summed E-state index contributed by atoms with van der Waals surface area (Å²) in [5, 5.41) is 14.0. The summed E-state index contributed by atoms with van der Waals surface area (Å²) in [6, 6.07) is 11.1. The molecule has 0 aliphatic heterocycles. The van der Waals surface area contributed by atoms with Gasteiger partial charge in [0.1, 0.15) is 5.82 Å². The average Bonchev–Trinajstić information content (AvgIpc) is 3.10. The molecule has 2 amide bonds. The van der Waals surface area contributed by atoms with Crippen LogP contribution in [0, 0.1) is 0 Å². The molecule has 144 valence electrons. The number of methoxy groups -OCH3 is 1. The quantitative estimate of drug-likeness (QED) is 0.664. The van der Waals surface area contributed by atoms with Crippen LogP contribution in [0.5, 0.6) is 0 Å². The monoisotopic (exact) mass is 379 g/mol. The van der Waals surface area contributed by atoms with Gasteiger partial charge in [0.25, 0.3) is 0 Å². The van der Waals surface area contributed by atoms with Crippen molar-refractivity contribution >= 4 is 23.3 Å². The number of benzene rings is 1. The number of carbonyl (C=O) groups excluding carboxylic acids is 2. The number of carbonyl (C=O) groups is 2. The molecule has 1 fully saturated rings. The van der Waals surface area contributed by atoms with E-state index in [-0.39, 0.29) is 0 Å². The maximum atomic E-state index is 12.6. The van der Waals surface area contributed by atoms with Crippen molar-refractivity contribution < 1.29 is 14.3 Å². The van der Waals surface area contributed by atoms with Crippen molar-refractivity contribution in [1.29, 1.82) is 0 Å². The van der Waals surface area contributed by atoms with Crippen molar-refractivity contribution in [3.8, 4) is 0 Å². The summed E-state index contributed by atoms with van der Waals surface area (Å²) < 4.78 is 6.74. The fraction of sp³-hybridized carbons (Fsp3) is 0.300. The number of amides is 2. The SMILES string of the molecule is COC(=O)[C@@H](NC(=O)Nc1cccn2c(C3CCC3)nnc12)c1ccccc1. The Balaban J connectivity index is 1.54. The highest BCUT2D eigenvalue weighted by Crippen LogP contribution is 2.35. The number of hydrogen-bond donors (Lipinski definition) is 2. The number of nitrogens with zero attached hydrogens (tertiary/aromatic N) is 3. The molecule has 0 radical (unpaired) electrons. The first kappa shape index (κ1) is 18.0. The molecular weight excluding hydrogens is 358 g/mol. The summed E-state index contributed by atoms with van der Waals surface area (Å²) >= 11 is 0. The minimum atomic E-state index is -0.908. The molecule has 2 N–H and O–H groups in total. The van der Waals surface area contributed by atoms with Crippen LogP contribution in [0.2, 0.25) is 0 Å². The molecule has 1 aliphatic carbocycles. The average molecular weight is 379 g/mol. The number of nitrogens with one attached hydrogen (secondary N) is 2. The summed E-state index contributed by atoms with van der Waals surface area (Å²) in [6.45, 7) is 0. The van der Waals surface area contributed by atoms with Crippen LogP contribution < -0.4 is 10.6 Å². The van der Waals surface area contributed by atoms with Gasteiger partial charge in [-0.1, -0.05) is 36.8 Å². The van der Waals surface area contributed by atoms with Crippen molar-refractivity contribution in [3.63, 3.8) is 0 Å². The van der Waals surface area contributed by atoms with E-state index in [1.807, 2.05) is 22.7 Å². The number of rotatable bonds is 5. The van der Waals surface area contributed by atoms with Crippen LogP contribution in [0.15, 0.2) is 48.7 Å². The van der Waals surface area contributed by atoms with Crippen molar-refractivity contribution in [1.82, 2.24) is 19.9 Å². The van der Waals surface area contributed by atoms with Crippen molar-refractivity contribution in [2.75, 3.05) is 12.4 Å². The van der Waals surface area contributed by atoms with Crippen LogP contribution in [0.3, 0.4) is 0 Å². The Labute approximate surface area is 161 Å². The summed E-state index contributed by atoms with van der Waals surface area (Å²) in [5.41, 5.74) is 1.74. The summed E-state index contributed by atoms with van der Waals surface area (Å²) in [4.78, 5) is 24.7. The Morgan fingerprint density at radius 1 is 1.14 bits per heavy atom. The van der Waals surface area contributed by atoms with Gasteiger partial charge in [0.2, 0.25) is 0 Å². The van der Waals surface area contributed by atoms with Gasteiger partial charge in [-0.2, -0.15) is 0 Å². The number of pyridine rings is 1. The van der Waals surface area contributed by atoms with Crippen LogP contribution in [-0.4, -0.2) is 33.7 Å². The van der Waals surface area contributed by atoms with E-state index in [2.05, 4.69) is 20.8 Å². The first-order valence-corrected chi connectivity index (χ1v) is 9.21. The van der Waals surface area contributed by atoms with E-state index >= 15 is 0 Å². The number of hydrogen-bond acceptors (Lipinski definition) is 5. The van der Waals surface area contributed by atoms with Gasteiger partial charge in [0.05, 0.1) is 12.8 Å². The van der Waals surface area contributed by atoms with Gasteiger partial charge in [0.15, 0.2) is 11.7 Å². The number of ether oxygens (including phenoxy) is 1. The third kappa shape index (κ3) is 3.40. The number of anilines is 1. The molecule has 1 atom stereocenters. The lowest BCUT2D eigenvalue weighted by molar-refractivity contribution is -0.143. The molecule has 0 bridgehead atoms. The fourth-order valence-electron chi connectivity index (χ4n) is 3.31. The maximum Gasteiger partial charge on any atom is 0.333 e. The maximum absolute atomic E-state index is 12.6. The van der Waals surface area contributed by atoms with Gasteiger partial charge in [-0.3, -0.25) is 4.40 Å². The Morgan fingerprint density at radius 3 is 2.61 bits per heavy atom. The lowest BCUT2D eigenvalue weighted by atomic mass is 9.85. The third-order valence-electron chi connectivity index (χ3n) is 5.02. The Kier molecular flexibility index (Phi) is 4.92. The van der Waals surface area contributed by atoms with Gasteiger partial charge in [-0.15, -0.1) is 10.2 Å². The standard InChI is InChI=1S/C20H21N5O3/c1-28-19(26)16(13-7-3-2-4-8-13)22-20(27)21-15-11-6-12-25-17(14-9-5-10-14)23-24-18(15)25/h2-4,6-8,11-12,14,16H,5,9-10H2,1H3,(H2,21,22,27)/t16-/m0/s1. The predicted octanol–water partition coefficient (Wildman–Crippen LogP) is 3.03. The molecule has 0 saturated heterocycles. The van der Waals surface area contributed by atoms with Gasteiger partial charge >= 0.3 is 12.0 Å². The molecule has 0 spiro atoms. The van der Waals surface area contributed by atoms with E-state index in [1.165, 1.54) is 13.5 Å². The van der Waals surface area contributed by atoms with E-state index < -0.39 is 18.0 Å². The van der Waals surface area contributed by atoms with E-state index in [1.54, 1.807) is 30.3 Å². The minimum Gasteiger partial charge on any atom is -0.467 e. The van der Waals surface area contributed by atoms with Crippen molar-refractivity contribution in [2.24, 2.45) is 0 Å². The van der Waals surface area contributed by atoms with Crippen LogP contribution >= 0.6 is 0 Å². The Bertz CT molecular complexity index is 998. The number of aromatic nitrogens is 3. The van der Waals surface area contributed by atoms with E-state index in [4.69, 9.17) is 4.74 Å². The lowest BCUT2D eigenvalue weighted by Crippen LogP contribution is -2.37. The molecule has 3 aromatic rings. The fourth-order valence-corrected chi connectivity index (χ4v) is 3.31. The second-order valence-corrected chi connectivity index (χ2v) is 6.77. The Morgan fingerprint density at radius 2 is 1.93 bits per heavy atom. The number of esters is 1. The van der Waals surface area contributed by atoms with Crippen LogP contribution in [0.4, 0.5) is 10.5 Å². The molecule has 1 aromatic carbocycles. The zero-order chi connectivity index (χ0) is 19.5. The lowest BCUT2D eigenvalue weighted by Gasteiger charge is -2.23. The van der Waals surface area contributed by atoms with E-state index in [9.17, 15) is 9.59 Å². The van der Waals surface area contributed by atoms with Gasteiger partial charge in [0, 0.05) is 12.1 Å². The highest BCUT2D eigenvalue weighted by atomic mass is 16.5. The third-order valence-corrected chi connectivity index (χ3v) is 5.02. The topological polar surface area (TPSA) is 97.6 Å². The largest absolute Gasteiger partial charge is 0.467 e.